The summed E-state index contributed by atoms with van der Waals surface area (Å²) in [6, 6.07) is 4.09. The van der Waals surface area contributed by atoms with Crippen LogP contribution in [0.5, 0.6) is 0 Å². The van der Waals surface area contributed by atoms with Crippen molar-refractivity contribution in [3.63, 3.8) is 0 Å². The van der Waals surface area contributed by atoms with Gasteiger partial charge in [0.25, 0.3) is 0 Å². The van der Waals surface area contributed by atoms with Crippen LogP contribution in [-0.4, -0.2) is 22.8 Å². The van der Waals surface area contributed by atoms with Crippen molar-refractivity contribution in [1.82, 2.24) is 15.6 Å². The summed E-state index contributed by atoms with van der Waals surface area (Å²) in [6.07, 6.45) is 0.275. The minimum absolute atomic E-state index is 0.0686. The zero-order valence-electron chi connectivity index (χ0n) is 14.5. The van der Waals surface area contributed by atoms with Gasteiger partial charge in [0, 0.05) is 37.0 Å². The number of aryl methyl sites for hydroxylation is 3. The normalized spacial score (nSPS) is 12.2. The van der Waals surface area contributed by atoms with E-state index in [2.05, 4.69) is 48.5 Å². The Kier molecular flexibility index (Phi) is 5.08. The molecule has 1 heterocycles. The summed E-state index contributed by atoms with van der Waals surface area (Å²) in [4.78, 5) is 26.4. The van der Waals surface area contributed by atoms with Crippen molar-refractivity contribution in [2.75, 3.05) is 0 Å². The van der Waals surface area contributed by atoms with Crippen LogP contribution in [0.3, 0.4) is 0 Å². The minimum Gasteiger partial charge on any atom is -0.358 e. The van der Waals surface area contributed by atoms with Crippen molar-refractivity contribution in [3.05, 3.63) is 34.5 Å². The fourth-order valence-electron chi connectivity index (χ4n) is 2.87. The predicted molar refractivity (Wildman–Crippen MR) is 92.3 cm³/mol. The molecule has 2 rings (SSSR count). The average molecular weight is 315 g/mol. The number of H-pyrrole nitrogens is 1. The lowest BCUT2D eigenvalue weighted by Gasteiger charge is -2.13. The summed E-state index contributed by atoms with van der Waals surface area (Å²) in [5, 5.41) is 6.86. The van der Waals surface area contributed by atoms with E-state index < -0.39 is 0 Å². The molecule has 0 aliphatic carbocycles. The first-order chi connectivity index (χ1) is 10.8. The smallest absolute Gasteiger partial charge is 0.222 e. The second-order valence-corrected chi connectivity index (χ2v) is 6.30. The molecule has 0 bridgehead atoms. The highest BCUT2D eigenvalue weighted by Crippen LogP contribution is 2.25. The number of aromatic nitrogens is 1. The van der Waals surface area contributed by atoms with Crippen LogP contribution in [0.2, 0.25) is 0 Å². The van der Waals surface area contributed by atoms with E-state index in [9.17, 15) is 9.59 Å². The van der Waals surface area contributed by atoms with E-state index in [4.69, 9.17) is 0 Å². The summed E-state index contributed by atoms with van der Waals surface area (Å²) in [5.74, 6) is -0.191. The maximum absolute atomic E-state index is 12.0. The Morgan fingerprint density at radius 1 is 1.22 bits per heavy atom. The molecule has 124 valence electrons. The lowest BCUT2D eigenvalue weighted by molar-refractivity contribution is -0.122. The number of nitrogens with one attached hydrogen (secondary N) is 3. The molecular weight excluding hydrogens is 290 g/mol. The molecule has 2 aromatic rings. The third kappa shape index (κ3) is 4.12. The van der Waals surface area contributed by atoms with Crippen molar-refractivity contribution < 1.29 is 9.59 Å². The largest absolute Gasteiger partial charge is 0.358 e. The van der Waals surface area contributed by atoms with E-state index in [0.717, 1.165) is 16.8 Å². The maximum atomic E-state index is 12.0. The Morgan fingerprint density at radius 3 is 2.57 bits per heavy atom. The number of rotatable bonds is 5. The van der Waals surface area contributed by atoms with E-state index in [-0.39, 0.29) is 24.3 Å². The Bertz CT molecular complexity index is 746. The lowest BCUT2D eigenvalue weighted by Crippen LogP contribution is -2.35. The zero-order chi connectivity index (χ0) is 17.1. The van der Waals surface area contributed by atoms with Crippen molar-refractivity contribution in [2.45, 2.75) is 53.6 Å². The third-order valence-electron chi connectivity index (χ3n) is 4.06. The highest BCUT2D eigenvalue weighted by atomic mass is 16.2. The molecule has 5 heteroatoms. The number of carbonyl (C=O) groups excluding carboxylic acids is 2. The van der Waals surface area contributed by atoms with E-state index in [1.165, 1.54) is 23.4 Å². The van der Waals surface area contributed by atoms with Gasteiger partial charge in [-0.25, -0.2) is 0 Å². The summed E-state index contributed by atoms with van der Waals surface area (Å²) < 4.78 is 0. The van der Waals surface area contributed by atoms with Gasteiger partial charge in [0.05, 0.1) is 5.52 Å². The van der Waals surface area contributed by atoms with Gasteiger partial charge in [-0.15, -0.1) is 0 Å². The second-order valence-electron chi connectivity index (χ2n) is 6.30. The summed E-state index contributed by atoms with van der Waals surface area (Å²) in [6.45, 7) is 9.97. The third-order valence-corrected chi connectivity index (χ3v) is 4.06. The van der Waals surface area contributed by atoms with Crippen LogP contribution in [0.15, 0.2) is 12.1 Å². The molecular formula is C18H25N3O2. The van der Waals surface area contributed by atoms with Crippen molar-refractivity contribution in [3.8, 4) is 0 Å². The second kappa shape index (κ2) is 6.86. The van der Waals surface area contributed by atoms with E-state index in [1.807, 2.05) is 6.92 Å². The maximum Gasteiger partial charge on any atom is 0.222 e. The Balaban J connectivity index is 2.09. The van der Waals surface area contributed by atoms with Gasteiger partial charge in [0.15, 0.2) is 0 Å². The number of fused-ring (bicyclic) bond motifs is 1. The first-order valence-electron chi connectivity index (χ1n) is 7.90. The molecule has 0 aliphatic heterocycles. The van der Waals surface area contributed by atoms with Crippen LogP contribution in [-0.2, 0) is 16.1 Å². The molecule has 1 aromatic carbocycles. The van der Waals surface area contributed by atoms with Crippen LogP contribution < -0.4 is 10.6 Å². The Labute approximate surface area is 136 Å². The van der Waals surface area contributed by atoms with Crippen LogP contribution in [0.25, 0.3) is 10.9 Å². The number of carbonyl (C=O) groups is 2. The fraction of sp³-hybridized carbons (Fsp3) is 0.444. The van der Waals surface area contributed by atoms with Crippen molar-refractivity contribution >= 4 is 22.7 Å². The summed E-state index contributed by atoms with van der Waals surface area (Å²) in [5.41, 5.74) is 5.74. The SMILES string of the molecule is CC(=O)N[C@@H](C)CC(=O)NCc1cc(C)cc2c(C)c(C)[nH]c12. The predicted octanol–water partition coefficient (Wildman–Crippen LogP) is 2.62. The molecule has 0 saturated carbocycles. The van der Waals surface area contributed by atoms with Crippen LogP contribution in [0.1, 0.15) is 42.7 Å². The number of aromatic amines is 1. The van der Waals surface area contributed by atoms with Gasteiger partial charge in [0.2, 0.25) is 11.8 Å². The molecule has 2 amide bonds. The van der Waals surface area contributed by atoms with Gasteiger partial charge in [-0.2, -0.15) is 0 Å². The molecule has 23 heavy (non-hydrogen) atoms. The topological polar surface area (TPSA) is 74.0 Å². The van der Waals surface area contributed by atoms with Crippen LogP contribution in [0, 0.1) is 20.8 Å². The highest BCUT2D eigenvalue weighted by molar-refractivity contribution is 5.88. The molecule has 0 unspecified atom stereocenters. The molecule has 0 aliphatic rings. The monoisotopic (exact) mass is 315 g/mol. The minimum atomic E-state index is -0.167. The van der Waals surface area contributed by atoms with Crippen molar-refractivity contribution in [2.24, 2.45) is 0 Å². The van der Waals surface area contributed by atoms with Gasteiger partial charge < -0.3 is 15.6 Å². The average Bonchev–Trinajstić information content (AvgIpc) is 2.71. The highest BCUT2D eigenvalue weighted by Gasteiger charge is 2.12. The van der Waals surface area contributed by atoms with Crippen molar-refractivity contribution in [1.29, 1.82) is 0 Å². The van der Waals surface area contributed by atoms with Gasteiger partial charge in [-0.1, -0.05) is 11.6 Å². The number of amides is 2. The molecule has 0 radical (unpaired) electrons. The summed E-state index contributed by atoms with van der Waals surface area (Å²) >= 11 is 0. The van der Waals surface area contributed by atoms with E-state index in [1.54, 1.807) is 0 Å². The molecule has 5 nitrogen and oxygen atoms in total. The Morgan fingerprint density at radius 2 is 1.91 bits per heavy atom. The number of hydrogen-bond acceptors (Lipinski definition) is 2. The first-order valence-corrected chi connectivity index (χ1v) is 7.90. The van der Waals surface area contributed by atoms with Gasteiger partial charge >= 0.3 is 0 Å². The quantitative estimate of drug-likeness (QED) is 0.793. The molecule has 0 fully saturated rings. The zero-order valence-corrected chi connectivity index (χ0v) is 14.5. The Hall–Kier alpha value is -2.30. The van der Waals surface area contributed by atoms with E-state index in [0.29, 0.717) is 6.54 Å². The van der Waals surface area contributed by atoms with Crippen LogP contribution >= 0.6 is 0 Å². The first kappa shape index (κ1) is 17.1. The van der Waals surface area contributed by atoms with Gasteiger partial charge in [-0.3, -0.25) is 9.59 Å². The lowest BCUT2D eigenvalue weighted by atomic mass is 10.0. The summed E-state index contributed by atoms with van der Waals surface area (Å²) in [7, 11) is 0. The van der Waals surface area contributed by atoms with E-state index >= 15 is 0 Å². The molecule has 1 aromatic heterocycles. The number of hydrogen-bond donors (Lipinski definition) is 3. The fourth-order valence-corrected chi connectivity index (χ4v) is 2.87. The molecule has 0 saturated heterocycles. The van der Waals surface area contributed by atoms with Gasteiger partial charge in [0.1, 0.15) is 0 Å². The molecule has 1 atom stereocenters. The van der Waals surface area contributed by atoms with Crippen LogP contribution in [0.4, 0.5) is 0 Å². The molecule has 3 N–H and O–H groups in total. The molecule has 0 spiro atoms. The van der Waals surface area contributed by atoms with Gasteiger partial charge in [-0.05, 0) is 44.9 Å². The number of benzene rings is 1. The standard InChI is InChI=1S/C18H25N3O2/c1-10-6-15(18-16(7-10)12(3)13(4)21-18)9-19-17(23)8-11(2)20-14(5)22/h6-7,11,21H,8-9H2,1-5H3,(H,19,23)(H,20,22)/t11-/m0/s1.